The van der Waals surface area contributed by atoms with Crippen LogP contribution in [0.3, 0.4) is 0 Å². The first-order valence-corrected chi connectivity index (χ1v) is 7.69. The normalized spacial score (nSPS) is 18.0. The summed E-state index contributed by atoms with van der Waals surface area (Å²) in [6.07, 6.45) is 4.17. The van der Waals surface area contributed by atoms with E-state index in [9.17, 15) is 9.59 Å². The van der Waals surface area contributed by atoms with Crippen LogP contribution < -0.4 is 20.9 Å². The van der Waals surface area contributed by atoms with Crippen molar-refractivity contribution < 1.29 is 9.59 Å². The molecule has 2 fully saturated rings. The number of anilines is 2. The molecule has 0 atom stereocenters. The van der Waals surface area contributed by atoms with E-state index in [0.717, 1.165) is 24.8 Å². The molecule has 1 aromatic heterocycles. The van der Waals surface area contributed by atoms with Gasteiger partial charge in [-0.15, -0.1) is 0 Å². The van der Waals surface area contributed by atoms with Gasteiger partial charge in [-0.2, -0.15) is 0 Å². The molecule has 2 heterocycles. The van der Waals surface area contributed by atoms with Crippen LogP contribution >= 0.6 is 0 Å². The lowest BCUT2D eigenvalue weighted by Gasteiger charge is -2.27. The van der Waals surface area contributed by atoms with Crippen molar-refractivity contribution in [1.29, 1.82) is 0 Å². The molecule has 1 saturated heterocycles. The van der Waals surface area contributed by atoms with E-state index in [0.29, 0.717) is 25.3 Å². The molecule has 0 bridgehead atoms. The predicted molar refractivity (Wildman–Crippen MR) is 83.7 cm³/mol. The number of nitrogens with one attached hydrogen (secondary N) is 3. The molecule has 1 aliphatic heterocycles. The van der Waals surface area contributed by atoms with Crippen molar-refractivity contribution >= 4 is 23.3 Å². The predicted octanol–water partition coefficient (Wildman–Crippen LogP) is -0.0441. The Balaban J connectivity index is 1.47. The largest absolute Gasteiger partial charge is 0.353 e. The van der Waals surface area contributed by atoms with Crippen LogP contribution in [0.1, 0.15) is 12.8 Å². The minimum absolute atomic E-state index is 0.00664. The van der Waals surface area contributed by atoms with Crippen LogP contribution in [0.4, 0.5) is 11.5 Å². The molecule has 7 heteroatoms. The molecule has 22 heavy (non-hydrogen) atoms. The zero-order valence-electron chi connectivity index (χ0n) is 12.5. The third-order valence-electron chi connectivity index (χ3n) is 3.81. The Hall–Kier alpha value is -2.15. The molecule has 0 unspecified atom stereocenters. The van der Waals surface area contributed by atoms with Crippen molar-refractivity contribution in [1.82, 2.24) is 15.6 Å². The molecule has 3 rings (SSSR count). The quantitative estimate of drug-likeness (QED) is 0.686. The van der Waals surface area contributed by atoms with E-state index < -0.39 is 0 Å². The Labute approximate surface area is 129 Å². The van der Waals surface area contributed by atoms with Gasteiger partial charge in [0.25, 0.3) is 0 Å². The van der Waals surface area contributed by atoms with Gasteiger partial charge in [0.2, 0.25) is 11.8 Å². The Morgan fingerprint density at radius 2 is 2.27 bits per heavy atom. The summed E-state index contributed by atoms with van der Waals surface area (Å²) in [7, 11) is 0. The molecule has 7 nitrogen and oxygen atoms in total. The van der Waals surface area contributed by atoms with Crippen molar-refractivity contribution in [3.8, 4) is 0 Å². The number of aromatic nitrogens is 1. The summed E-state index contributed by atoms with van der Waals surface area (Å²) in [4.78, 5) is 29.4. The fourth-order valence-corrected chi connectivity index (χ4v) is 2.40. The van der Waals surface area contributed by atoms with E-state index in [1.807, 2.05) is 17.0 Å². The van der Waals surface area contributed by atoms with Crippen molar-refractivity contribution in [2.75, 3.05) is 42.9 Å². The molecule has 0 aromatic carbocycles. The first kappa shape index (κ1) is 14.8. The molecule has 1 aromatic rings. The molecule has 0 spiro atoms. The van der Waals surface area contributed by atoms with E-state index in [1.54, 1.807) is 6.20 Å². The van der Waals surface area contributed by atoms with Crippen LogP contribution in [0.15, 0.2) is 18.3 Å². The molecular formula is C15H21N5O2. The summed E-state index contributed by atoms with van der Waals surface area (Å²) >= 11 is 0. The van der Waals surface area contributed by atoms with Gasteiger partial charge in [-0.1, -0.05) is 0 Å². The van der Waals surface area contributed by atoms with E-state index in [-0.39, 0.29) is 11.8 Å². The molecule has 1 saturated carbocycles. The number of carbonyl (C=O) groups excluding carboxylic acids is 2. The minimum atomic E-state index is -0.0625. The number of hydrogen-bond acceptors (Lipinski definition) is 5. The number of carbonyl (C=O) groups is 2. The highest BCUT2D eigenvalue weighted by molar-refractivity contribution is 5.92. The third-order valence-corrected chi connectivity index (χ3v) is 3.81. The van der Waals surface area contributed by atoms with Gasteiger partial charge < -0.3 is 20.9 Å². The molecule has 1 aliphatic carbocycles. The first-order valence-electron chi connectivity index (χ1n) is 7.69. The second kappa shape index (κ2) is 6.74. The number of nitrogens with zero attached hydrogens (tertiary/aromatic N) is 2. The van der Waals surface area contributed by atoms with Crippen LogP contribution in [0.25, 0.3) is 0 Å². The summed E-state index contributed by atoms with van der Waals surface area (Å²) < 4.78 is 0. The summed E-state index contributed by atoms with van der Waals surface area (Å²) in [6.45, 7) is 2.94. The first-order chi connectivity index (χ1) is 10.7. The van der Waals surface area contributed by atoms with E-state index in [1.165, 1.54) is 12.8 Å². The average molecular weight is 303 g/mol. The van der Waals surface area contributed by atoms with Gasteiger partial charge in [-0.3, -0.25) is 9.59 Å². The van der Waals surface area contributed by atoms with E-state index >= 15 is 0 Å². The molecule has 2 amide bonds. The highest BCUT2D eigenvalue weighted by Crippen LogP contribution is 2.27. The maximum atomic E-state index is 11.8. The number of rotatable bonds is 6. The van der Waals surface area contributed by atoms with Crippen molar-refractivity contribution in [2.45, 2.75) is 12.8 Å². The fraction of sp³-hybridized carbons (Fsp3) is 0.533. The van der Waals surface area contributed by atoms with E-state index in [4.69, 9.17) is 0 Å². The second-order valence-electron chi connectivity index (χ2n) is 5.80. The van der Waals surface area contributed by atoms with Gasteiger partial charge in [-0.05, 0) is 37.4 Å². The zero-order chi connectivity index (χ0) is 15.4. The minimum Gasteiger partial charge on any atom is -0.353 e. The van der Waals surface area contributed by atoms with Gasteiger partial charge in [0, 0.05) is 13.1 Å². The fourth-order valence-electron chi connectivity index (χ4n) is 2.40. The summed E-state index contributed by atoms with van der Waals surface area (Å²) in [5, 5.41) is 8.74. The maximum Gasteiger partial charge on any atom is 0.239 e. The topological polar surface area (TPSA) is 86.4 Å². The highest BCUT2D eigenvalue weighted by atomic mass is 16.2. The van der Waals surface area contributed by atoms with Gasteiger partial charge in [-0.25, -0.2) is 4.98 Å². The van der Waals surface area contributed by atoms with Gasteiger partial charge in [0.05, 0.1) is 25.0 Å². The van der Waals surface area contributed by atoms with Gasteiger partial charge in [0.15, 0.2) is 0 Å². The van der Waals surface area contributed by atoms with Crippen LogP contribution in [0, 0.1) is 5.92 Å². The Kier molecular flexibility index (Phi) is 4.53. The van der Waals surface area contributed by atoms with Crippen LogP contribution in [-0.2, 0) is 9.59 Å². The smallest absolute Gasteiger partial charge is 0.239 e. The Morgan fingerprint density at radius 1 is 1.41 bits per heavy atom. The molecule has 0 radical (unpaired) electrons. The lowest BCUT2D eigenvalue weighted by atomic mass is 10.3. The standard InChI is InChI=1S/C15H21N5O2/c21-14(9-16-7-11-1-2-11)19-12-3-4-13(18-8-12)20-6-5-17-15(22)10-20/h3-4,8,11,16H,1-2,5-7,9-10H2,(H,17,22)(H,19,21). The SMILES string of the molecule is O=C1CN(c2ccc(NC(=O)CNCC3CC3)cn2)CCN1. The number of hydrogen-bond donors (Lipinski definition) is 3. The molecule has 3 N–H and O–H groups in total. The Morgan fingerprint density at radius 3 is 2.95 bits per heavy atom. The lowest BCUT2D eigenvalue weighted by Crippen LogP contribution is -2.48. The van der Waals surface area contributed by atoms with Crippen LogP contribution in [0.5, 0.6) is 0 Å². The number of piperazine rings is 1. The van der Waals surface area contributed by atoms with E-state index in [2.05, 4.69) is 20.9 Å². The third kappa shape index (κ3) is 4.17. The summed E-state index contributed by atoms with van der Waals surface area (Å²) in [6, 6.07) is 3.64. The van der Waals surface area contributed by atoms with Crippen LogP contribution in [-0.4, -0.2) is 49.5 Å². The monoisotopic (exact) mass is 303 g/mol. The highest BCUT2D eigenvalue weighted by Gasteiger charge is 2.20. The van der Waals surface area contributed by atoms with Gasteiger partial charge in [0.1, 0.15) is 5.82 Å². The van der Waals surface area contributed by atoms with Gasteiger partial charge >= 0.3 is 0 Å². The second-order valence-corrected chi connectivity index (χ2v) is 5.80. The van der Waals surface area contributed by atoms with Crippen molar-refractivity contribution in [3.63, 3.8) is 0 Å². The Bertz CT molecular complexity index is 541. The number of pyridine rings is 1. The van der Waals surface area contributed by atoms with Crippen molar-refractivity contribution in [2.24, 2.45) is 5.92 Å². The molecular weight excluding hydrogens is 282 g/mol. The van der Waals surface area contributed by atoms with Crippen molar-refractivity contribution in [3.05, 3.63) is 18.3 Å². The molecule has 2 aliphatic rings. The van der Waals surface area contributed by atoms with Crippen LogP contribution in [0.2, 0.25) is 0 Å². The number of amides is 2. The maximum absolute atomic E-state index is 11.8. The zero-order valence-corrected chi connectivity index (χ0v) is 12.5. The summed E-state index contributed by atoms with van der Waals surface area (Å²) in [5.41, 5.74) is 0.670. The summed E-state index contributed by atoms with van der Waals surface area (Å²) in [5.74, 6) is 1.45. The molecule has 118 valence electrons. The lowest BCUT2D eigenvalue weighted by molar-refractivity contribution is -0.120. The average Bonchev–Trinajstić information content (AvgIpc) is 3.32.